The van der Waals surface area contributed by atoms with Crippen molar-refractivity contribution in [3.63, 3.8) is 0 Å². The van der Waals surface area contributed by atoms with Crippen molar-refractivity contribution < 1.29 is 4.79 Å². The Bertz CT molecular complexity index is 602. The topological polar surface area (TPSA) is 85.8 Å². The predicted molar refractivity (Wildman–Crippen MR) is 68.9 cm³/mol. The Balaban J connectivity index is 2.76. The molecule has 96 valence electrons. The Kier molecular flexibility index (Phi) is 3.29. The van der Waals surface area contributed by atoms with Gasteiger partial charge >= 0.3 is 0 Å². The lowest BCUT2D eigenvalue weighted by Crippen LogP contribution is -2.30. The van der Waals surface area contributed by atoms with Crippen LogP contribution in [0.3, 0.4) is 0 Å². The van der Waals surface area contributed by atoms with Gasteiger partial charge in [-0.3, -0.25) is 10.2 Å². The maximum Gasteiger partial charge on any atom is 0.266 e. The average Bonchev–Trinajstić information content (AvgIpc) is 2.65. The van der Waals surface area contributed by atoms with Crippen LogP contribution in [-0.4, -0.2) is 20.7 Å². The molecule has 0 aliphatic heterocycles. The van der Waals surface area contributed by atoms with Crippen molar-refractivity contribution in [3.05, 3.63) is 23.0 Å². The number of hydrogen-bond donors (Lipinski definition) is 2. The lowest BCUT2D eigenvalue weighted by Gasteiger charge is -2.05. The summed E-state index contributed by atoms with van der Waals surface area (Å²) >= 11 is 0. The fourth-order valence-corrected chi connectivity index (χ4v) is 2.10. The van der Waals surface area contributed by atoms with E-state index >= 15 is 0 Å². The van der Waals surface area contributed by atoms with E-state index in [9.17, 15) is 4.79 Å². The number of pyridine rings is 1. The summed E-state index contributed by atoms with van der Waals surface area (Å²) in [6, 6.07) is 1.73. The number of nitrogens with two attached hydrogens (primary N) is 1. The maximum absolute atomic E-state index is 11.8. The van der Waals surface area contributed by atoms with E-state index < -0.39 is 0 Å². The molecule has 0 saturated carbocycles. The van der Waals surface area contributed by atoms with E-state index in [1.807, 2.05) is 18.5 Å². The standard InChI is InChI=1S/C12H17N5O/c1-4-5-17-11-10(8(3)16-17)9(12(18)15-13)6-7(2)14-11/h6H,4-5,13H2,1-3H3,(H,15,18). The third-order valence-corrected chi connectivity index (χ3v) is 2.82. The van der Waals surface area contributed by atoms with Crippen LogP contribution in [0.1, 0.15) is 35.1 Å². The molecule has 0 aromatic carbocycles. The number of nitrogens with one attached hydrogen (secondary N) is 1. The maximum atomic E-state index is 11.8. The largest absolute Gasteiger partial charge is 0.290 e. The fourth-order valence-electron chi connectivity index (χ4n) is 2.10. The summed E-state index contributed by atoms with van der Waals surface area (Å²) < 4.78 is 1.84. The Hall–Kier alpha value is -1.95. The molecule has 0 atom stereocenters. The van der Waals surface area contributed by atoms with Gasteiger partial charge in [0.2, 0.25) is 0 Å². The lowest BCUT2D eigenvalue weighted by atomic mass is 10.1. The summed E-state index contributed by atoms with van der Waals surface area (Å²) in [5, 5.41) is 5.21. The lowest BCUT2D eigenvalue weighted by molar-refractivity contribution is 0.0955. The smallest absolute Gasteiger partial charge is 0.266 e. The molecule has 1 amide bonds. The number of fused-ring (bicyclic) bond motifs is 1. The number of aromatic nitrogens is 3. The second-order valence-corrected chi connectivity index (χ2v) is 4.29. The first kappa shape index (κ1) is 12.5. The van der Waals surface area contributed by atoms with Crippen LogP contribution in [0.25, 0.3) is 11.0 Å². The van der Waals surface area contributed by atoms with E-state index in [0.29, 0.717) is 5.56 Å². The van der Waals surface area contributed by atoms with Crippen LogP contribution in [0, 0.1) is 13.8 Å². The summed E-state index contributed by atoms with van der Waals surface area (Å²) in [6.07, 6.45) is 0.963. The van der Waals surface area contributed by atoms with E-state index in [2.05, 4.69) is 22.4 Å². The first-order chi connectivity index (χ1) is 8.58. The van der Waals surface area contributed by atoms with Gasteiger partial charge in [-0.25, -0.2) is 15.5 Å². The SMILES string of the molecule is CCCn1nc(C)c2c(C(=O)NN)cc(C)nc21. The van der Waals surface area contributed by atoms with Crippen molar-refractivity contribution in [1.29, 1.82) is 0 Å². The monoisotopic (exact) mass is 247 g/mol. The van der Waals surface area contributed by atoms with Crippen LogP contribution < -0.4 is 11.3 Å². The van der Waals surface area contributed by atoms with E-state index in [-0.39, 0.29) is 5.91 Å². The number of nitrogens with zero attached hydrogens (tertiary/aromatic N) is 3. The zero-order chi connectivity index (χ0) is 13.3. The second-order valence-electron chi connectivity index (χ2n) is 4.29. The minimum absolute atomic E-state index is 0.315. The molecule has 0 aliphatic rings. The van der Waals surface area contributed by atoms with Crippen molar-refractivity contribution >= 4 is 16.9 Å². The number of nitrogen functional groups attached to an aromatic ring is 1. The van der Waals surface area contributed by atoms with Crippen molar-refractivity contribution in [1.82, 2.24) is 20.2 Å². The van der Waals surface area contributed by atoms with Crippen LogP contribution in [0.4, 0.5) is 0 Å². The molecule has 0 spiro atoms. The molecule has 2 aromatic heterocycles. The number of carbonyl (C=O) groups is 1. The summed E-state index contributed by atoms with van der Waals surface area (Å²) in [6.45, 7) is 6.58. The van der Waals surface area contributed by atoms with Gasteiger partial charge in [0.15, 0.2) is 5.65 Å². The number of hydrazine groups is 1. The Morgan fingerprint density at radius 3 is 2.83 bits per heavy atom. The molecule has 18 heavy (non-hydrogen) atoms. The van der Waals surface area contributed by atoms with Crippen LogP contribution in [0.2, 0.25) is 0 Å². The zero-order valence-corrected chi connectivity index (χ0v) is 10.8. The molecule has 0 bridgehead atoms. The summed E-state index contributed by atoms with van der Waals surface area (Å²) in [4.78, 5) is 16.3. The molecule has 0 saturated heterocycles. The van der Waals surface area contributed by atoms with Crippen molar-refractivity contribution in [2.24, 2.45) is 5.84 Å². The van der Waals surface area contributed by atoms with Crippen molar-refractivity contribution in [3.8, 4) is 0 Å². The summed E-state index contributed by atoms with van der Waals surface area (Å²) in [5.74, 6) is 4.90. The van der Waals surface area contributed by atoms with Crippen LogP contribution in [-0.2, 0) is 6.54 Å². The number of carbonyl (C=O) groups excluding carboxylic acids is 1. The molecule has 2 aromatic rings. The minimum Gasteiger partial charge on any atom is -0.290 e. The molecule has 3 N–H and O–H groups in total. The molecule has 0 aliphatic carbocycles. The fraction of sp³-hybridized carbons (Fsp3) is 0.417. The summed E-state index contributed by atoms with van der Waals surface area (Å²) in [5.41, 5.74) is 5.01. The number of hydrogen-bond acceptors (Lipinski definition) is 4. The molecular weight excluding hydrogens is 230 g/mol. The highest BCUT2D eigenvalue weighted by atomic mass is 16.2. The van der Waals surface area contributed by atoms with Gasteiger partial charge in [0, 0.05) is 12.2 Å². The van der Waals surface area contributed by atoms with Crippen molar-refractivity contribution in [2.75, 3.05) is 0 Å². The predicted octanol–water partition coefficient (Wildman–Crippen LogP) is 1.06. The molecule has 2 rings (SSSR count). The average molecular weight is 247 g/mol. The normalized spacial score (nSPS) is 10.9. The molecule has 0 fully saturated rings. The molecule has 2 heterocycles. The number of aryl methyl sites for hydroxylation is 3. The first-order valence-corrected chi connectivity index (χ1v) is 5.94. The van der Waals surface area contributed by atoms with E-state index in [0.717, 1.165) is 35.4 Å². The van der Waals surface area contributed by atoms with Crippen LogP contribution in [0.15, 0.2) is 6.07 Å². The minimum atomic E-state index is -0.315. The Morgan fingerprint density at radius 2 is 2.22 bits per heavy atom. The molecular formula is C12H17N5O. The van der Waals surface area contributed by atoms with Gasteiger partial charge in [-0.2, -0.15) is 5.10 Å². The van der Waals surface area contributed by atoms with Gasteiger partial charge in [-0.1, -0.05) is 6.92 Å². The van der Waals surface area contributed by atoms with Gasteiger partial charge in [-0.15, -0.1) is 0 Å². The Labute approximate surface area is 105 Å². The van der Waals surface area contributed by atoms with E-state index in [1.54, 1.807) is 6.07 Å². The van der Waals surface area contributed by atoms with E-state index in [4.69, 9.17) is 5.84 Å². The highest BCUT2D eigenvalue weighted by Crippen LogP contribution is 2.22. The zero-order valence-electron chi connectivity index (χ0n) is 10.8. The van der Waals surface area contributed by atoms with Gasteiger partial charge in [0.1, 0.15) is 0 Å². The van der Waals surface area contributed by atoms with Gasteiger partial charge in [-0.05, 0) is 26.3 Å². The highest BCUT2D eigenvalue weighted by molar-refractivity contribution is 6.06. The molecule has 6 heteroatoms. The van der Waals surface area contributed by atoms with Crippen LogP contribution in [0.5, 0.6) is 0 Å². The first-order valence-electron chi connectivity index (χ1n) is 5.94. The van der Waals surface area contributed by atoms with Crippen LogP contribution >= 0.6 is 0 Å². The quantitative estimate of drug-likeness (QED) is 0.482. The third kappa shape index (κ3) is 1.95. The van der Waals surface area contributed by atoms with Gasteiger partial charge in [0.25, 0.3) is 5.91 Å². The number of amides is 1. The van der Waals surface area contributed by atoms with Gasteiger partial charge < -0.3 is 0 Å². The summed E-state index contributed by atoms with van der Waals surface area (Å²) in [7, 11) is 0. The van der Waals surface area contributed by atoms with Gasteiger partial charge in [0.05, 0.1) is 16.6 Å². The second kappa shape index (κ2) is 4.73. The Morgan fingerprint density at radius 1 is 1.50 bits per heavy atom. The van der Waals surface area contributed by atoms with Crippen molar-refractivity contribution in [2.45, 2.75) is 33.7 Å². The van der Waals surface area contributed by atoms with E-state index in [1.165, 1.54) is 0 Å². The molecule has 6 nitrogen and oxygen atoms in total. The third-order valence-electron chi connectivity index (χ3n) is 2.82. The molecule has 0 unspecified atom stereocenters. The molecule has 0 radical (unpaired) electrons. The number of rotatable bonds is 3. The highest BCUT2D eigenvalue weighted by Gasteiger charge is 2.17.